The molecule has 0 unspecified atom stereocenters. The number of aromatic nitrogens is 1. The van der Waals surface area contributed by atoms with Gasteiger partial charge < -0.3 is 19.8 Å². The molecule has 4 rings (SSSR count). The van der Waals surface area contributed by atoms with Crippen LogP contribution in [0.4, 0.5) is 10.5 Å². The first-order chi connectivity index (χ1) is 17.6. The molecular formula is C29H29N3O5. The Hall–Kier alpha value is -4.59. The molecule has 2 heterocycles. The summed E-state index contributed by atoms with van der Waals surface area (Å²) < 4.78 is 12.3. The van der Waals surface area contributed by atoms with Crippen LogP contribution >= 0.6 is 0 Å². The molecule has 0 spiro atoms. The largest absolute Gasteiger partial charge is 0.467 e. The van der Waals surface area contributed by atoms with E-state index in [9.17, 15) is 14.4 Å². The number of hydrogen-bond acceptors (Lipinski definition) is 5. The van der Waals surface area contributed by atoms with Gasteiger partial charge >= 0.3 is 6.09 Å². The molecule has 2 amide bonds. The molecule has 8 nitrogen and oxygen atoms in total. The Morgan fingerprint density at radius 3 is 2.57 bits per heavy atom. The monoisotopic (exact) mass is 499 g/mol. The Kier molecular flexibility index (Phi) is 7.29. The van der Waals surface area contributed by atoms with Crippen LogP contribution in [0.2, 0.25) is 0 Å². The minimum Gasteiger partial charge on any atom is -0.467 e. The van der Waals surface area contributed by atoms with Crippen molar-refractivity contribution in [3.63, 3.8) is 0 Å². The molecule has 0 radical (unpaired) electrons. The lowest BCUT2D eigenvalue weighted by atomic mass is 10.1. The lowest BCUT2D eigenvalue weighted by Crippen LogP contribution is -2.26. The van der Waals surface area contributed by atoms with E-state index in [1.54, 1.807) is 63.6 Å². The first-order valence-electron chi connectivity index (χ1n) is 11.8. The summed E-state index contributed by atoms with van der Waals surface area (Å²) in [6.45, 7) is 7.60. The summed E-state index contributed by atoms with van der Waals surface area (Å²) in [6, 6.07) is 15.9. The number of benzene rings is 2. The number of nitrogens with one attached hydrogen (secondary N) is 2. The number of furan rings is 1. The fraction of sp³-hybridized carbons (Fsp3) is 0.207. The standard InChI is InChI=1S/C29H29N3O5/c1-19-14-15-36-25(19)17-30-27(34)20-8-7-9-22(16-20)31-26(33)13-12-21-18-32(28(35)37-29(2,3)4)24-11-6-5-10-23(21)24/h5-16,18H,17H2,1-4H3,(H,30,34)(H,31,33)/b13-12+. The molecular weight excluding hydrogens is 470 g/mol. The number of amides is 2. The number of para-hydroxylation sites is 1. The first-order valence-corrected chi connectivity index (χ1v) is 11.8. The van der Waals surface area contributed by atoms with Gasteiger partial charge in [-0.25, -0.2) is 4.79 Å². The number of ether oxygens (including phenoxy) is 1. The van der Waals surface area contributed by atoms with Gasteiger partial charge in [0.15, 0.2) is 0 Å². The fourth-order valence-corrected chi connectivity index (χ4v) is 3.74. The Bertz CT molecular complexity index is 1490. The van der Waals surface area contributed by atoms with Gasteiger partial charge in [0, 0.05) is 34.5 Å². The minimum absolute atomic E-state index is 0.272. The van der Waals surface area contributed by atoms with E-state index in [4.69, 9.17) is 9.15 Å². The van der Waals surface area contributed by atoms with E-state index in [-0.39, 0.29) is 18.4 Å². The van der Waals surface area contributed by atoms with Crippen LogP contribution in [0.3, 0.4) is 0 Å². The fourth-order valence-electron chi connectivity index (χ4n) is 3.74. The highest BCUT2D eigenvalue weighted by atomic mass is 16.6. The topological polar surface area (TPSA) is 103 Å². The second kappa shape index (κ2) is 10.6. The van der Waals surface area contributed by atoms with Crippen molar-refractivity contribution in [1.29, 1.82) is 0 Å². The molecule has 0 aliphatic heterocycles. The summed E-state index contributed by atoms with van der Waals surface area (Å²) in [5, 5.41) is 6.39. The van der Waals surface area contributed by atoms with Crippen molar-refractivity contribution in [2.24, 2.45) is 0 Å². The maximum absolute atomic E-state index is 12.7. The van der Waals surface area contributed by atoms with Crippen molar-refractivity contribution in [3.8, 4) is 0 Å². The number of rotatable bonds is 6. The zero-order valence-corrected chi connectivity index (χ0v) is 21.2. The normalized spacial score (nSPS) is 11.6. The van der Waals surface area contributed by atoms with Crippen LogP contribution in [0.15, 0.2) is 77.6 Å². The number of hydrogen-bond donors (Lipinski definition) is 2. The van der Waals surface area contributed by atoms with Crippen molar-refractivity contribution in [1.82, 2.24) is 9.88 Å². The summed E-state index contributed by atoms with van der Waals surface area (Å²) in [5.41, 5.74) is 2.58. The van der Waals surface area contributed by atoms with E-state index >= 15 is 0 Å². The molecule has 0 saturated heterocycles. The predicted molar refractivity (Wildman–Crippen MR) is 142 cm³/mol. The molecule has 8 heteroatoms. The third kappa shape index (κ3) is 6.35. The van der Waals surface area contributed by atoms with Gasteiger partial charge in [-0.05, 0) is 69.7 Å². The Labute approximate surface area is 214 Å². The van der Waals surface area contributed by atoms with Crippen LogP contribution in [0.25, 0.3) is 17.0 Å². The second-order valence-corrected chi connectivity index (χ2v) is 9.56. The van der Waals surface area contributed by atoms with Gasteiger partial charge in [-0.3, -0.25) is 14.2 Å². The number of anilines is 1. The molecule has 0 aliphatic rings. The molecule has 4 aromatic rings. The van der Waals surface area contributed by atoms with Gasteiger partial charge in [-0.2, -0.15) is 0 Å². The quantitative estimate of drug-likeness (QED) is 0.321. The SMILES string of the molecule is Cc1ccoc1CNC(=O)c1cccc(NC(=O)/C=C/c2cn(C(=O)OC(C)(C)C)c3ccccc23)c1. The van der Waals surface area contributed by atoms with Gasteiger partial charge in [-0.1, -0.05) is 24.3 Å². The predicted octanol–water partition coefficient (Wildman–Crippen LogP) is 5.91. The molecule has 2 N–H and O–H groups in total. The molecule has 0 atom stereocenters. The van der Waals surface area contributed by atoms with E-state index < -0.39 is 11.7 Å². The van der Waals surface area contributed by atoms with Gasteiger partial charge in [0.05, 0.1) is 18.3 Å². The molecule has 2 aromatic heterocycles. The summed E-state index contributed by atoms with van der Waals surface area (Å²) in [4.78, 5) is 37.9. The van der Waals surface area contributed by atoms with E-state index in [0.717, 1.165) is 10.9 Å². The number of carbonyl (C=O) groups excluding carboxylic acids is 3. The highest BCUT2D eigenvalue weighted by molar-refractivity contribution is 6.05. The van der Waals surface area contributed by atoms with Crippen LogP contribution < -0.4 is 10.6 Å². The zero-order chi connectivity index (χ0) is 26.6. The lowest BCUT2D eigenvalue weighted by Gasteiger charge is -2.19. The van der Waals surface area contributed by atoms with Crippen LogP contribution in [0, 0.1) is 6.92 Å². The third-order valence-corrected chi connectivity index (χ3v) is 5.52. The van der Waals surface area contributed by atoms with Crippen molar-refractivity contribution in [2.75, 3.05) is 5.32 Å². The average molecular weight is 500 g/mol. The Balaban J connectivity index is 1.45. The first kappa shape index (κ1) is 25.5. The van der Waals surface area contributed by atoms with Crippen molar-refractivity contribution >= 4 is 40.6 Å². The van der Waals surface area contributed by atoms with Gasteiger partial charge in [0.25, 0.3) is 5.91 Å². The molecule has 0 fully saturated rings. The third-order valence-electron chi connectivity index (χ3n) is 5.52. The molecule has 190 valence electrons. The average Bonchev–Trinajstić information content (AvgIpc) is 3.43. The van der Waals surface area contributed by atoms with Crippen LogP contribution in [-0.4, -0.2) is 28.1 Å². The van der Waals surface area contributed by atoms with Crippen LogP contribution in [0.5, 0.6) is 0 Å². The van der Waals surface area contributed by atoms with Gasteiger partial charge in [0.2, 0.25) is 5.91 Å². The Morgan fingerprint density at radius 1 is 1.05 bits per heavy atom. The lowest BCUT2D eigenvalue weighted by molar-refractivity contribution is -0.111. The van der Waals surface area contributed by atoms with E-state index in [0.29, 0.717) is 28.1 Å². The maximum Gasteiger partial charge on any atom is 0.419 e. The smallest absolute Gasteiger partial charge is 0.419 e. The van der Waals surface area contributed by atoms with Gasteiger partial charge in [-0.15, -0.1) is 0 Å². The van der Waals surface area contributed by atoms with Crippen LogP contribution in [-0.2, 0) is 16.1 Å². The van der Waals surface area contributed by atoms with E-state index in [1.807, 2.05) is 37.3 Å². The molecule has 0 saturated carbocycles. The molecule has 0 bridgehead atoms. The van der Waals surface area contributed by atoms with Crippen LogP contribution in [0.1, 0.15) is 48.0 Å². The van der Waals surface area contributed by atoms with E-state index in [2.05, 4.69) is 10.6 Å². The maximum atomic E-state index is 12.7. The Morgan fingerprint density at radius 2 is 1.84 bits per heavy atom. The number of carbonyl (C=O) groups is 3. The van der Waals surface area contributed by atoms with Crippen molar-refractivity contribution in [3.05, 3.63) is 95.6 Å². The second-order valence-electron chi connectivity index (χ2n) is 9.56. The zero-order valence-electron chi connectivity index (χ0n) is 21.2. The number of aryl methyl sites for hydroxylation is 1. The highest BCUT2D eigenvalue weighted by Crippen LogP contribution is 2.24. The molecule has 2 aromatic carbocycles. The van der Waals surface area contributed by atoms with E-state index in [1.165, 1.54) is 10.6 Å². The number of nitrogens with zero attached hydrogens (tertiary/aromatic N) is 1. The van der Waals surface area contributed by atoms with Crippen molar-refractivity contribution in [2.45, 2.75) is 39.8 Å². The summed E-state index contributed by atoms with van der Waals surface area (Å²) in [6.07, 6.45) is 5.75. The minimum atomic E-state index is -0.637. The molecule has 37 heavy (non-hydrogen) atoms. The van der Waals surface area contributed by atoms with Crippen molar-refractivity contribution < 1.29 is 23.5 Å². The highest BCUT2D eigenvalue weighted by Gasteiger charge is 2.20. The van der Waals surface area contributed by atoms with Gasteiger partial charge in [0.1, 0.15) is 11.4 Å². The summed E-state index contributed by atoms with van der Waals surface area (Å²) >= 11 is 0. The summed E-state index contributed by atoms with van der Waals surface area (Å²) in [5.74, 6) is 0.0335. The summed E-state index contributed by atoms with van der Waals surface area (Å²) in [7, 11) is 0. The number of fused-ring (bicyclic) bond motifs is 1. The molecule has 0 aliphatic carbocycles.